The number of benzene rings is 1. The van der Waals surface area contributed by atoms with E-state index < -0.39 is 18.4 Å². The van der Waals surface area contributed by atoms with Gasteiger partial charge in [0.1, 0.15) is 12.4 Å². The molecule has 2 aromatic heterocycles. The van der Waals surface area contributed by atoms with Crippen LogP contribution in [0.2, 0.25) is 0 Å². The summed E-state index contributed by atoms with van der Waals surface area (Å²) in [6.07, 6.45) is 2.73. The van der Waals surface area contributed by atoms with Crippen molar-refractivity contribution in [1.82, 2.24) is 9.55 Å². The second kappa shape index (κ2) is 6.40. The van der Waals surface area contributed by atoms with Crippen LogP contribution < -0.4 is 16.0 Å². The zero-order valence-corrected chi connectivity index (χ0v) is 14.0. The van der Waals surface area contributed by atoms with Crippen LogP contribution in [0.4, 0.5) is 8.78 Å². The first kappa shape index (κ1) is 17.3. The number of aryl methyl sites for hydroxylation is 1. The molecule has 2 heterocycles. The van der Waals surface area contributed by atoms with Gasteiger partial charge in [-0.2, -0.15) is 0 Å². The van der Waals surface area contributed by atoms with Crippen molar-refractivity contribution in [3.8, 4) is 5.75 Å². The van der Waals surface area contributed by atoms with Gasteiger partial charge in [-0.25, -0.2) is 8.78 Å². The normalized spacial score (nSPS) is 13.3. The Balaban J connectivity index is 1.94. The number of halogens is 2. The van der Waals surface area contributed by atoms with Gasteiger partial charge in [-0.05, 0) is 30.5 Å². The lowest BCUT2D eigenvalue weighted by atomic mass is 10.1. The van der Waals surface area contributed by atoms with Crippen LogP contribution in [0, 0.1) is 0 Å². The summed E-state index contributed by atoms with van der Waals surface area (Å²) < 4.78 is 33.0. The molecule has 7 heteroatoms. The van der Waals surface area contributed by atoms with E-state index in [0.717, 1.165) is 17.7 Å². The maximum Gasteiger partial charge on any atom is 0.260 e. The minimum absolute atomic E-state index is 0.0274. The Hall–Kier alpha value is -2.54. The van der Waals surface area contributed by atoms with E-state index in [4.69, 9.17) is 10.5 Å². The topological polar surface area (TPSA) is 70.1 Å². The number of rotatable bonds is 5. The fourth-order valence-electron chi connectivity index (χ4n) is 2.92. The van der Waals surface area contributed by atoms with Crippen molar-refractivity contribution >= 4 is 21.7 Å². The number of nitrogens with two attached hydrogens (primary N) is 1. The van der Waals surface area contributed by atoms with Crippen LogP contribution in [0.1, 0.15) is 13.3 Å². The summed E-state index contributed by atoms with van der Waals surface area (Å²) in [5, 5.41) is 2.23. The molecule has 0 saturated heterocycles. The Morgan fingerprint density at radius 3 is 2.76 bits per heavy atom. The Morgan fingerprint density at radius 2 is 2.04 bits per heavy atom. The summed E-state index contributed by atoms with van der Waals surface area (Å²) in [5.74, 6) is -2.35. The third-order valence-electron chi connectivity index (χ3n) is 4.06. The third kappa shape index (κ3) is 3.61. The van der Waals surface area contributed by atoms with Crippen molar-refractivity contribution in [3.05, 3.63) is 47.0 Å². The summed E-state index contributed by atoms with van der Waals surface area (Å²) in [4.78, 5) is 16.5. The molecular weight excluding hydrogens is 328 g/mol. The molecule has 5 nitrogen and oxygen atoms in total. The molecule has 132 valence electrons. The van der Waals surface area contributed by atoms with E-state index in [1.54, 1.807) is 37.6 Å². The number of fused-ring (bicyclic) bond motifs is 3. The van der Waals surface area contributed by atoms with Crippen LogP contribution in [0.25, 0.3) is 21.7 Å². The molecule has 25 heavy (non-hydrogen) atoms. The first-order valence-corrected chi connectivity index (χ1v) is 7.89. The van der Waals surface area contributed by atoms with Gasteiger partial charge in [0, 0.05) is 43.4 Å². The van der Waals surface area contributed by atoms with Crippen LogP contribution in [0.5, 0.6) is 5.75 Å². The van der Waals surface area contributed by atoms with E-state index in [0.29, 0.717) is 16.7 Å². The van der Waals surface area contributed by atoms with Gasteiger partial charge in [0.15, 0.2) is 0 Å². The molecule has 0 amide bonds. The maximum absolute atomic E-state index is 13.0. The molecule has 3 rings (SSSR count). The molecular formula is C18H19F2N3O2. The monoisotopic (exact) mass is 347 g/mol. The van der Waals surface area contributed by atoms with Gasteiger partial charge >= 0.3 is 0 Å². The summed E-state index contributed by atoms with van der Waals surface area (Å²) in [6.45, 7) is 0.805. The highest BCUT2D eigenvalue weighted by molar-refractivity contribution is 6.05. The second-order valence-corrected chi connectivity index (χ2v) is 6.31. The Morgan fingerprint density at radius 1 is 1.28 bits per heavy atom. The quantitative estimate of drug-likeness (QED) is 0.721. The van der Waals surface area contributed by atoms with Gasteiger partial charge in [-0.15, -0.1) is 0 Å². The lowest BCUT2D eigenvalue weighted by Crippen LogP contribution is -2.33. The van der Waals surface area contributed by atoms with Gasteiger partial charge in [-0.1, -0.05) is 0 Å². The maximum atomic E-state index is 13.0. The van der Waals surface area contributed by atoms with Crippen LogP contribution in [-0.2, 0) is 7.05 Å². The molecule has 0 fully saturated rings. The van der Waals surface area contributed by atoms with Crippen molar-refractivity contribution in [2.24, 2.45) is 12.8 Å². The molecule has 0 saturated carbocycles. The summed E-state index contributed by atoms with van der Waals surface area (Å²) >= 11 is 0. The minimum atomic E-state index is -2.83. The molecule has 3 aromatic rings. The molecule has 1 atom stereocenters. The summed E-state index contributed by atoms with van der Waals surface area (Å²) in [7, 11) is 1.67. The highest BCUT2D eigenvalue weighted by Crippen LogP contribution is 2.26. The summed E-state index contributed by atoms with van der Waals surface area (Å²) in [6, 6.07) is 6.31. The highest BCUT2D eigenvalue weighted by atomic mass is 19.3. The zero-order chi connectivity index (χ0) is 18.2. The number of nitrogens with zero attached hydrogens (tertiary/aromatic N) is 2. The molecule has 0 radical (unpaired) electrons. The van der Waals surface area contributed by atoms with Crippen molar-refractivity contribution in [3.63, 3.8) is 0 Å². The number of hydrogen-bond acceptors (Lipinski definition) is 4. The van der Waals surface area contributed by atoms with Gasteiger partial charge in [0.05, 0.1) is 10.9 Å². The predicted molar refractivity (Wildman–Crippen MR) is 93.2 cm³/mol. The average molecular weight is 347 g/mol. The van der Waals surface area contributed by atoms with Gasteiger partial charge in [0.25, 0.3) is 5.56 Å². The SMILES string of the molecule is Cn1c(=O)c2cnccc2c2ccc(OCC(N)CC(C)(F)F)cc21. The molecule has 1 aromatic carbocycles. The van der Waals surface area contributed by atoms with Crippen LogP contribution >= 0.6 is 0 Å². The molecule has 2 N–H and O–H groups in total. The first-order chi connectivity index (χ1) is 11.8. The highest BCUT2D eigenvalue weighted by Gasteiger charge is 2.25. The van der Waals surface area contributed by atoms with E-state index in [-0.39, 0.29) is 12.2 Å². The lowest BCUT2D eigenvalue weighted by Gasteiger charge is -2.17. The molecule has 0 spiro atoms. The predicted octanol–water partition coefficient (Wildman–Crippen LogP) is 2.84. The molecule has 0 aliphatic heterocycles. The van der Waals surface area contributed by atoms with Crippen molar-refractivity contribution < 1.29 is 13.5 Å². The zero-order valence-electron chi connectivity index (χ0n) is 14.0. The Bertz CT molecular complexity index is 980. The van der Waals surface area contributed by atoms with Crippen molar-refractivity contribution in [2.75, 3.05) is 6.61 Å². The lowest BCUT2D eigenvalue weighted by molar-refractivity contribution is 0.00217. The van der Waals surface area contributed by atoms with Crippen molar-refractivity contribution in [2.45, 2.75) is 25.3 Å². The number of pyridine rings is 2. The van der Waals surface area contributed by atoms with E-state index in [1.807, 2.05) is 6.07 Å². The molecule has 0 aliphatic rings. The third-order valence-corrected chi connectivity index (χ3v) is 4.06. The van der Waals surface area contributed by atoms with E-state index in [9.17, 15) is 13.6 Å². The fourth-order valence-corrected chi connectivity index (χ4v) is 2.92. The first-order valence-electron chi connectivity index (χ1n) is 7.89. The number of ether oxygens (including phenoxy) is 1. The standard InChI is InChI=1S/C18H19F2N3O2/c1-18(19,20)8-11(21)10-25-12-3-4-14-13-5-6-22-9-15(13)17(24)23(2)16(14)7-12/h3-7,9,11H,8,10,21H2,1-2H3. The largest absolute Gasteiger partial charge is 0.492 e. The van der Waals surface area contributed by atoms with E-state index in [2.05, 4.69) is 4.98 Å². The van der Waals surface area contributed by atoms with Crippen LogP contribution in [0.3, 0.4) is 0 Å². The molecule has 0 aliphatic carbocycles. The average Bonchev–Trinajstić information content (AvgIpc) is 2.56. The van der Waals surface area contributed by atoms with E-state index in [1.165, 1.54) is 4.57 Å². The smallest absolute Gasteiger partial charge is 0.260 e. The summed E-state index contributed by atoms with van der Waals surface area (Å²) in [5.41, 5.74) is 6.21. The van der Waals surface area contributed by atoms with E-state index >= 15 is 0 Å². The van der Waals surface area contributed by atoms with Gasteiger partial charge in [0.2, 0.25) is 5.92 Å². The number of hydrogen-bond donors (Lipinski definition) is 1. The van der Waals surface area contributed by atoms with Crippen LogP contribution in [-0.4, -0.2) is 28.1 Å². The van der Waals surface area contributed by atoms with Gasteiger partial charge < -0.3 is 15.0 Å². The molecule has 0 bridgehead atoms. The minimum Gasteiger partial charge on any atom is -0.492 e. The van der Waals surface area contributed by atoms with Crippen LogP contribution in [0.15, 0.2) is 41.5 Å². The Labute approximate surface area is 143 Å². The molecule has 1 unspecified atom stereocenters. The number of aromatic nitrogens is 2. The fraction of sp³-hybridized carbons (Fsp3) is 0.333. The second-order valence-electron chi connectivity index (χ2n) is 6.31. The number of alkyl halides is 2. The van der Waals surface area contributed by atoms with Gasteiger partial charge in [-0.3, -0.25) is 9.78 Å². The Kier molecular flexibility index (Phi) is 4.43. The van der Waals surface area contributed by atoms with Crippen molar-refractivity contribution in [1.29, 1.82) is 0 Å².